The van der Waals surface area contributed by atoms with Gasteiger partial charge in [0.05, 0.1) is 5.75 Å². The van der Waals surface area contributed by atoms with Gasteiger partial charge in [-0.15, -0.1) is 10.2 Å². The number of carbonyl (C=O) groups is 1. The molecule has 6 nitrogen and oxygen atoms in total. The number of hydrogen-bond donors (Lipinski definition) is 1. The Morgan fingerprint density at radius 2 is 1.63 bits per heavy atom. The van der Waals surface area contributed by atoms with Gasteiger partial charge in [0, 0.05) is 16.8 Å². The SMILES string of the molecule is O=C(CSc1nnc(COc2ccccc2F)n1-c1ccccc1)Nc1cccc2ccccc12. The molecular weight excluding hydrogens is 463 g/mol. The van der Waals surface area contributed by atoms with Crippen molar-refractivity contribution in [1.82, 2.24) is 14.8 Å². The predicted octanol–water partition coefficient (Wildman–Crippen LogP) is 5.87. The van der Waals surface area contributed by atoms with E-state index in [9.17, 15) is 9.18 Å². The van der Waals surface area contributed by atoms with Gasteiger partial charge in [-0.1, -0.05) is 78.5 Å². The molecule has 1 heterocycles. The van der Waals surface area contributed by atoms with Crippen LogP contribution in [-0.4, -0.2) is 26.4 Å². The molecule has 0 aliphatic heterocycles. The van der Waals surface area contributed by atoms with Crippen molar-refractivity contribution in [2.75, 3.05) is 11.1 Å². The van der Waals surface area contributed by atoms with Crippen LogP contribution in [-0.2, 0) is 11.4 Å². The minimum atomic E-state index is -0.446. The van der Waals surface area contributed by atoms with Crippen LogP contribution in [0.3, 0.4) is 0 Å². The van der Waals surface area contributed by atoms with E-state index in [1.807, 2.05) is 77.4 Å². The first-order valence-electron chi connectivity index (χ1n) is 11.0. The molecule has 0 atom stereocenters. The summed E-state index contributed by atoms with van der Waals surface area (Å²) in [7, 11) is 0. The fourth-order valence-electron chi connectivity index (χ4n) is 3.68. The van der Waals surface area contributed by atoms with Crippen LogP contribution in [0.2, 0.25) is 0 Å². The van der Waals surface area contributed by atoms with E-state index in [0.717, 1.165) is 22.1 Å². The Morgan fingerprint density at radius 3 is 2.49 bits per heavy atom. The Balaban J connectivity index is 1.33. The van der Waals surface area contributed by atoms with E-state index in [-0.39, 0.29) is 24.0 Å². The smallest absolute Gasteiger partial charge is 0.234 e. The maximum absolute atomic E-state index is 14.0. The fourth-order valence-corrected chi connectivity index (χ4v) is 4.45. The van der Waals surface area contributed by atoms with Crippen LogP contribution in [0, 0.1) is 5.82 Å². The van der Waals surface area contributed by atoms with E-state index in [1.165, 1.54) is 17.8 Å². The number of hydrogen-bond acceptors (Lipinski definition) is 5. The molecule has 0 aliphatic carbocycles. The first kappa shape index (κ1) is 22.6. The van der Waals surface area contributed by atoms with E-state index in [2.05, 4.69) is 15.5 Å². The molecule has 0 saturated heterocycles. The van der Waals surface area contributed by atoms with Gasteiger partial charge in [-0.05, 0) is 35.7 Å². The molecule has 0 spiro atoms. The highest BCUT2D eigenvalue weighted by Gasteiger charge is 2.17. The average molecular weight is 485 g/mol. The van der Waals surface area contributed by atoms with Gasteiger partial charge in [-0.25, -0.2) is 4.39 Å². The number of para-hydroxylation sites is 2. The van der Waals surface area contributed by atoms with Crippen molar-refractivity contribution in [3.05, 3.63) is 109 Å². The summed E-state index contributed by atoms with van der Waals surface area (Å²) in [4.78, 5) is 12.8. The summed E-state index contributed by atoms with van der Waals surface area (Å²) in [5, 5.41) is 14.1. The number of ether oxygens (including phenoxy) is 1. The summed E-state index contributed by atoms with van der Waals surface area (Å²) >= 11 is 1.27. The molecule has 35 heavy (non-hydrogen) atoms. The second-order valence-corrected chi connectivity index (χ2v) is 8.59. The third-order valence-corrected chi connectivity index (χ3v) is 6.23. The van der Waals surface area contributed by atoms with Gasteiger partial charge < -0.3 is 10.1 Å². The largest absolute Gasteiger partial charge is 0.483 e. The summed E-state index contributed by atoms with van der Waals surface area (Å²) in [6.45, 7) is 0.0194. The van der Waals surface area contributed by atoms with Crippen LogP contribution in [0.15, 0.2) is 102 Å². The monoisotopic (exact) mass is 484 g/mol. The Bertz CT molecular complexity index is 1470. The number of benzene rings is 4. The molecule has 5 rings (SSSR count). The summed E-state index contributed by atoms with van der Waals surface area (Å²) in [6, 6.07) is 29.5. The number of halogens is 1. The van der Waals surface area contributed by atoms with Crippen molar-refractivity contribution in [1.29, 1.82) is 0 Å². The van der Waals surface area contributed by atoms with Crippen LogP contribution < -0.4 is 10.1 Å². The molecule has 0 bridgehead atoms. The minimum absolute atomic E-state index is 0.0194. The summed E-state index contributed by atoms with van der Waals surface area (Å²) in [6.07, 6.45) is 0. The minimum Gasteiger partial charge on any atom is -0.483 e. The summed E-state index contributed by atoms with van der Waals surface area (Å²) in [5.74, 6) is 0.175. The maximum atomic E-state index is 14.0. The predicted molar refractivity (Wildman–Crippen MR) is 135 cm³/mol. The maximum Gasteiger partial charge on any atom is 0.234 e. The Morgan fingerprint density at radius 1 is 0.886 bits per heavy atom. The third kappa shape index (κ3) is 5.17. The first-order chi connectivity index (χ1) is 17.2. The molecule has 0 aliphatic rings. The van der Waals surface area contributed by atoms with Crippen molar-refractivity contribution < 1.29 is 13.9 Å². The molecule has 5 aromatic rings. The quantitative estimate of drug-likeness (QED) is 0.279. The topological polar surface area (TPSA) is 69.0 Å². The van der Waals surface area contributed by atoms with E-state index in [4.69, 9.17) is 4.74 Å². The number of carbonyl (C=O) groups excluding carboxylic acids is 1. The van der Waals surface area contributed by atoms with E-state index >= 15 is 0 Å². The van der Waals surface area contributed by atoms with E-state index in [1.54, 1.807) is 18.2 Å². The third-order valence-electron chi connectivity index (χ3n) is 5.30. The molecule has 0 unspecified atom stereocenters. The second-order valence-electron chi connectivity index (χ2n) is 7.65. The number of nitrogens with zero attached hydrogens (tertiary/aromatic N) is 3. The molecule has 0 radical (unpaired) electrons. The molecule has 1 amide bonds. The van der Waals surface area contributed by atoms with Crippen molar-refractivity contribution in [3.8, 4) is 11.4 Å². The number of fused-ring (bicyclic) bond motifs is 1. The molecular formula is C27H21FN4O2S. The lowest BCUT2D eigenvalue weighted by molar-refractivity contribution is -0.113. The lowest BCUT2D eigenvalue weighted by Crippen LogP contribution is -2.15. The zero-order valence-corrected chi connectivity index (χ0v) is 19.4. The number of thioether (sulfide) groups is 1. The first-order valence-corrected chi connectivity index (χ1v) is 11.9. The summed E-state index contributed by atoms with van der Waals surface area (Å²) < 4.78 is 21.5. The zero-order valence-electron chi connectivity index (χ0n) is 18.6. The van der Waals surface area contributed by atoms with Crippen LogP contribution in [0.1, 0.15) is 5.82 Å². The van der Waals surface area contributed by atoms with Crippen LogP contribution in [0.25, 0.3) is 16.5 Å². The van der Waals surface area contributed by atoms with Crippen molar-refractivity contribution in [2.24, 2.45) is 0 Å². The van der Waals surface area contributed by atoms with Crippen molar-refractivity contribution >= 4 is 34.1 Å². The van der Waals surface area contributed by atoms with Crippen LogP contribution >= 0.6 is 11.8 Å². The molecule has 0 saturated carbocycles. The van der Waals surface area contributed by atoms with Gasteiger partial charge in [-0.3, -0.25) is 9.36 Å². The Labute approximate surface area is 205 Å². The molecule has 8 heteroatoms. The molecule has 1 aromatic heterocycles. The fraction of sp³-hybridized carbons (Fsp3) is 0.0741. The lowest BCUT2D eigenvalue weighted by atomic mass is 10.1. The lowest BCUT2D eigenvalue weighted by Gasteiger charge is -2.12. The number of anilines is 1. The molecule has 174 valence electrons. The highest BCUT2D eigenvalue weighted by atomic mass is 32.2. The number of nitrogens with one attached hydrogen (secondary N) is 1. The van der Waals surface area contributed by atoms with Gasteiger partial charge in [0.25, 0.3) is 0 Å². The van der Waals surface area contributed by atoms with Gasteiger partial charge in [-0.2, -0.15) is 0 Å². The highest BCUT2D eigenvalue weighted by Crippen LogP contribution is 2.26. The molecule has 4 aromatic carbocycles. The molecule has 0 fully saturated rings. The summed E-state index contributed by atoms with van der Waals surface area (Å²) in [5.41, 5.74) is 1.58. The highest BCUT2D eigenvalue weighted by molar-refractivity contribution is 7.99. The van der Waals surface area contributed by atoms with E-state index < -0.39 is 5.82 Å². The second kappa shape index (κ2) is 10.4. The van der Waals surface area contributed by atoms with Crippen LogP contribution in [0.5, 0.6) is 5.75 Å². The van der Waals surface area contributed by atoms with Crippen molar-refractivity contribution in [3.63, 3.8) is 0 Å². The number of amides is 1. The number of aromatic nitrogens is 3. The van der Waals surface area contributed by atoms with Gasteiger partial charge >= 0.3 is 0 Å². The normalized spacial score (nSPS) is 10.9. The molecule has 1 N–H and O–H groups in total. The van der Waals surface area contributed by atoms with Gasteiger partial charge in [0.1, 0.15) is 6.61 Å². The number of rotatable bonds is 8. The average Bonchev–Trinajstić information content (AvgIpc) is 3.30. The van der Waals surface area contributed by atoms with Crippen molar-refractivity contribution in [2.45, 2.75) is 11.8 Å². The Hall–Kier alpha value is -4.17. The van der Waals surface area contributed by atoms with Gasteiger partial charge in [0.2, 0.25) is 5.91 Å². The van der Waals surface area contributed by atoms with Gasteiger partial charge in [0.15, 0.2) is 22.5 Å². The van der Waals surface area contributed by atoms with E-state index in [0.29, 0.717) is 11.0 Å². The Kier molecular flexibility index (Phi) is 6.72. The van der Waals surface area contributed by atoms with Crippen LogP contribution in [0.4, 0.5) is 10.1 Å². The zero-order chi connectivity index (χ0) is 24.0. The standard InChI is InChI=1S/C27H21FN4O2S/c28-22-14-6-7-16-24(22)34-17-25-30-31-27(32(25)20-11-2-1-3-12-20)35-18-26(33)29-23-15-8-10-19-9-4-5-13-21(19)23/h1-16H,17-18H2,(H,29,33).